The lowest BCUT2D eigenvalue weighted by Gasteiger charge is -2.35. The van der Waals surface area contributed by atoms with E-state index in [-0.39, 0.29) is 11.8 Å². The summed E-state index contributed by atoms with van der Waals surface area (Å²) < 4.78 is 16.5. The highest BCUT2D eigenvalue weighted by atomic mass is 16.5. The molecule has 0 unspecified atom stereocenters. The van der Waals surface area contributed by atoms with Crippen molar-refractivity contribution in [2.75, 3.05) is 47.0 Å². The van der Waals surface area contributed by atoms with Gasteiger partial charge in [-0.2, -0.15) is 0 Å². The highest BCUT2D eigenvalue weighted by Gasteiger charge is 2.26. The molecule has 2 amide bonds. The van der Waals surface area contributed by atoms with E-state index in [0.717, 1.165) is 16.5 Å². The van der Waals surface area contributed by atoms with Crippen molar-refractivity contribution in [3.05, 3.63) is 66.2 Å². The van der Waals surface area contributed by atoms with Gasteiger partial charge in [0.1, 0.15) is 17.2 Å². The number of hydrogen-bond donors (Lipinski definition) is 0. The Kier molecular flexibility index (Phi) is 7.52. The van der Waals surface area contributed by atoms with Crippen molar-refractivity contribution in [1.29, 1.82) is 0 Å². The largest absolute Gasteiger partial charge is 0.497 e. The van der Waals surface area contributed by atoms with Crippen LogP contribution < -0.4 is 14.2 Å². The minimum Gasteiger partial charge on any atom is -0.497 e. The highest BCUT2D eigenvalue weighted by molar-refractivity contribution is 5.97. The molecule has 0 bridgehead atoms. The van der Waals surface area contributed by atoms with Crippen molar-refractivity contribution < 1.29 is 23.8 Å². The molecule has 34 heavy (non-hydrogen) atoms. The first-order valence-corrected chi connectivity index (χ1v) is 11.5. The summed E-state index contributed by atoms with van der Waals surface area (Å²) in [4.78, 5) is 29.2. The Balaban J connectivity index is 1.24. The summed E-state index contributed by atoms with van der Waals surface area (Å²) in [5, 5.41) is 2.21. The summed E-state index contributed by atoms with van der Waals surface area (Å²) in [5.74, 6) is 1.94. The molecule has 0 aromatic heterocycles. The first-order chi connectivity index (χ1) is 16.6. The maximum absolute atomic E-state index is 13.0. The third-order valence-corrected chi connectivity index (χ3v) is 6.10. The van der Waals surface area contributed by atoms with Crippen LogP contribution in [0, 0.1) is 0 Å². The van der Waals surface area contributed by atoms with E-state index < -0.39 is 0 Å². The van der Waals surface area contributed by atoms with Crippen LogP contribution >= 0.6 is 0 Å². The lowest BCUT2D eigenvalue weighted by molar-refractivity contribution is -0.132. The number of hydrogen-bond acceptors (Lipinski definition) is 5. The maximum atomic E-state index is 13.0. The molecule has 0 atom stereocenters. The van der Waals surface area contributed by atoms with E-state index in [1.807, 2.05) is 35.2 Å². The first kappa shape index (κ1) is 23.4. The van der Waals surface area contributed by atoms with Crippen LogP contribution in [-0.2, 0) is 4.79 Å². The Morgan fingerprint density at radius 2 is 1.56 bits per heavy atom. The molecule has 0 aliphatic carbocycles. The molecule has 1 aliphatic heterocycles. The number of ether oxygens (including phenoxy) is 3. The predicted octanol–water partition coefficient (Wildman–Crippen LogP) is 4.00. The number of rotatable bonds is 8. The Labute approximate surface area is 199 Å². The third-order valence-electron chi connectivity index (χ3n) is 6.10. The molecule has 1 heterocycles. The zero-order chi connectivity index (χ0) is 23.9. The molecule has 0 radical (unpaired) electrons. The van der Waals surface area contributed by atoms with Gasteiger partial charge in [0.15, 0.2) is 0 Å². The monoisotopic (exact) mass is 462 g/mol. The number of benzene rings is 3. The average Bonchev–Trinajstić information content (AvgIpc) is 2.90. The van der Waals surface area contributed by atoms with Gasteiger partial charge in [-0.25, -0.2) is 0 Å². The van der Waals surface area contributed by atoms with Crippen molar-refractivity contribution in [2.24, 2.45) is 0 Å². The SMILES string of the molecule is COc1ccc(C(=O)N2CCN(C(=O)CCCOc3cccc4ccccc34)CC2)c(OC)c1. The molecule has 3 aromatic rings. The normalized spacial score (nSPS) is 13.6. The summed E-state index contributed by atoms with van der Waals surface area (Å²) in [6, 6.07) is 19.2. The van der Waals surface area contributed by atoms with Crippen LogP contribution in [0.4, 0.5) is 0 Å². The molecule has 3 aromatic carbocycles. The number of methoxy groups -OCH3 is 2. The quantitative estimate of drug-likeness (QED) is 0.474. The van der Waals surface area contributed by atoms with Gasteiger partial charge < -0.3 is 24.0 Å². The van der Waals surface area contributed by atoms with E-state index in [9.17, 15) is 9.59 Å². The number of amides is 2. The molecular formula is C27H30N2O5. The van der Waals surface area contributed by atoms with Crippen molar-refractivity contribution in [1.82, 2.24) is 9.80 Å². The third kappa shape index (κ3) is 5.25. The standard InChI is InChI=1S/C27H30N2O5/c1-32-21-12-13-23(25(19-21)33-2)27(31)29-16-14-28(15-17-29)26(30)11-6-18-34-24-10-5-8-20-7-3-4-9-22(20)24/h3-5,7-10,12-13,19H,6,11,14-18H2,1-2H3. The fourth-order valence-corrected chi connectivity index (χ4v) is 4.19. The zero-order valence-corrected chi connectivity index (χ0v) is 19.7. The Hall–Kier alpha value is -3.74. The number of carbonyl (C=O) groups is 2. The smallest absolute Gasteiger partial charge is 0.257 e. The fourth-order valence-electron chi connectivity index (χ4n) is 4.19. The van der Waals surface area contributed by atoms with Crippen LogP contribution in [0.15, 0.2) is 60.7 Å². The van der Waals surface area contributed by atoms with Gasteiger partial charge in [-0.05, 0) is 30.0 Å². The minimum absolute atomic E-state index is 0.0932. The van der Waals surface area contributed by atoms with Crippen molar-refractivity contribution in [3.63, 3.8) is 0 Å². The van der Waals surface area contributed by atoms with Gasteiger partial charge in [-0.3, -0.25) is 9.59 Å². The molecule has 0 spiro atoms. The number of fused-ring (bicyclic) bond motifs is 1. The van der Waals surface area contributed by atoms with Gasteiger partial charge in [0.25, 0.3) is 5.91 Å². The van der Waals surface area contributed by atoms with E-state index in [1.54, 1.807) is 30.2 Å². The lowest BCUT2D eigenvalue weighted by atomic mass is 10.1. The molecule has 7 heteroatoms. The van der Waals surface area contributed by atoms with Crippen molar-refractivity contribution >= 4 is 22.6 Å². The molecule has 0 saturated carbocycles. The van der Waals surface area contributed by atoms with Crippen molar-refractivity contribution in [3.8, 4) is 17.2 Å². The maximum Gasteiger partial charge on any atom is 0.257 e. The lowest BCUT2D eigenvalue weighted by Crippen LogP contribution is -2.50. The molecule has 1 fully saturated rings. The Morgan fingerprint density at radius 3 is 2.32 bits per heavy atom. The zero-order valence-electron chi connectivity index (χ0n) is 19.7. The number of nitrogens with zero attached hydrogens (tertiary/aromatic N) is 2. The number of carbonyl (C=O) groups excluding carboxylic acids is 2. The summed E-state index contributed by atoms with van der Waals surface area (Å²) in [6.07, 6.45) is 1.06. The van der Waals surface area contributed by atoms with Gasteiger partial charge in [0.05, 0.1) is 26.4 Å². The van der Waals surface area contributed by atoms with Crippen LogP contribution in [0.2, 0.25) is 0 Å². The molecular weight excluding hydrogens is 432 g/mol. The van der Waals surface area contributed by atoms with Crippen LogP contribution in [0.5, 0.6) is 17.2 Å². The van der Waals surface area contributed by atoms with Gasteiger partial charge >= 0.3 is 0 Å². The van der Waals surface area contributed by atoms with E-state index in [4.69, 9.17) is 14.2 Å². The molecule has 7 nitrogen and oxygen atoms in total. The second kappa shape index (κ2) is 10.9. The Bertz CT molecular complexity index is 1150. The van der Waals surface area contributed by atoms with E-state index >= 15 is 0 Å². The fraction of sp³-hybridized carbons (Fsp3) is 0.333. The molecule has 1 aliphatic rings. The summed E-state index contributed by atoms with van der Waals surface area (Å²) in [5.41, 5.74) is 0.494. The Morgan fingerprint density at radius 1 is 0.824 bits per heavy atom. The van der Waals surface area contributed by atoms with Crippen LogP contribution in [0.3, 0.4) is 0 Å². The second-order valence-electron chi connectivity index (χ2n) is 8.17. The van der Waals surface area contributed by atoms with E-state index in [2.05, 4.69) is 12.1 Å². The van der Waals surface area contributed by atoms with Gasteiger partial charge in [-0.1, -0.05) is 36.4 Å². The van der Waals surface area contributed by atoms with Gasteiger partial charge in [0.2, 0.25) is 5.91 Å². The minimum atomic E-state index is -0.102. The molecule has 1 saturated heterocycles. The topological polar surface area (TPSA) is 68.3 Å². The van der Waals surface area contributed by atoms with E-state index in [0.29, 0.717) is 62.7 Å². The summed E-state index contributed by atoms with van der Waals surface area (Å²) >= 11 is 0. The van der Waals surface area contributed by atoms with Crippen molar-refractivity contribution in [2.45, 2.75) is 12.8 Å². The molecule has 4 rings (SSSR count). The number of piperazine rings is 1. The summed E-state index contributed by atoms with van der Waals surface area (Å²) in [7, 11) is 3.11. The predicted molar refractivity (Wildman–Crippen MR) is 131 cm³/mol. The first-order valence-electron chi connectivity index (χ1n) is 11.5. The molecule has 0 N–H and O–H groups in total. The summed E-state index contributed by atoms with van der Waals surface area (Å²) in [6.45, 7) is 2.51. The van der Waals surface area contributed by atoms with Crippen LogP contribution in [0.1, 0.15) is 23.2 Å². The second-order valence-corrected chi connectivity index (χ2v) is 8.17. The van der Waals surface area contributed by atoms with Crippen LogP contribution in [0.25, 0.3) is 10.8 Å². The van der Waals surface area contributed by atoms with Crippen LogP contribution in [-0.4, -0.2) is 68.6 Å². The van der Waals surface area contributed by atoms with Gasteiger partial charge in [-0.15, -0.1) is 0 Å². The highest BCUT2D eigenvalue weighted by Crippen LogP contribution is 2.27. The molecule has 178 valence electrons. The van der Waals surface area contributed by atoms with E-state index in [1.165, 1.54) is 7.11 Å². The average molecular weight is 463 g/mol. The van der Waals surface area contributed by atoms with Gasteiger partial charge in [0, 0.05) is 44.1 Å².